The minimum absolute atomic E-state index is 0.217. The van der Waals surface area contributed by atoms with Crippen LogP contribution in [0.3, 0.4) is 0 Å². The first-order valence-electron chi connectivity index (χ1n) is 24.3. The van der Waals surface area contributed by atoms with Gasteiger partial charge in [-0.1, -0.05) is 0 Å². The van der Waals surface area contributed by atoms with Gasteiger partial charge in [0, 0.05) is 0 Å². The van der Waals surface area contributed by atoms with E-state index in [0.29, 0.717) is 0 Å². The topological polar surface area (TPSA) is 0 Å². The first-order chi connectivity index (χ1) is 32.5. The van der Waals surface area contributed by atoms with Gasteiger partial charge in [0.1, 0.15) is 0 Å². The van der Waals surface area contributed by atoms with Crippen molar-refractivity contribution in [3.63, 3.8) is 0 Å². The van der Waals surface area contributed by atoms with E-state index in [-0.39, 0.29) is 18.1 Å². The Hall–Kier alpha value is -5.08. The number of benzene rings is 8. The molecule has 0 saturated heterocycles. The van der Waals surface area contributed by atoms with Crippen LogP contribution in [0.15, 0.2) is 187 Å². The van der Waals surface area contributed by atoms with Crippen LogP contribution in [0.5, 0.6) is 0 Å². The molecule has 0 saturated carbocycles. The summed E-state index contributed by atoms with van der Waals surface area (Å²) < 4.78 is 0.824. The van der Waals surface area contributed by atoms with E-state index >= 15 is 0 Å². The molecule has 0 bridgehead atoms. The van der Waals surface area contributed by atoms with Crippen LogP contribution in [0, 0.1) is 24.7 Å². The number of aryl methyl sites for hydroxylation is 2. The molecule has 0 nitrogen and oxygen atoms in total. The number of rotatable bonds is 7. The third kappa shape index (κ3) is 7.07. The first kappa shape index (κ1) is 45.4. The predicted octanol–water partition coefficient (Wildman–Crippen LogP) is 16.1. The average molecular weight is 1020 g/mol. The van der Waals surface area contributed by atoms with Gasteiger partial charge in [0.2, 0.25) is 0 Å². The Labute approximate surface area is 414 Å². The molecule has 2 unspecified atom stereocenters. The number of hydrogen-bond donors (Lipinski definition) is 0. The second-order valence-corrected chi connectivity index (χ2v) is 44.2. The summed E-state index contributed by atoms with van der Waals surface area (Å²) in [5, 5.41) is 2.92. The van der Waals surface area contributed by atoms with Gasteiger partial charge in [0.05, 0.1) is 0 Å². The van der Waals surface area contributed by atoms with Crippen LogP contribution in [0.2, 0.25) is 0 Å². The molecule has 0 amide bonds. The van der Waals surface area contributed by atoms with E-state index in [1.54, 1.807) is 0 Å². The molecule has 4 heteroatoms. The second kappa shape index (κ2) is 16.5. The summed E-state index contributed by atoms with van der Waals surface area (Å²) in [5.74, 6) is 0. The van der Waals surface area contributed by atoms with Crippen molar-refractivity contribution >= 4 is 52.3 Å². The fourth-order valence-corrected chi connectivity index (χ4v) is 40.8. The summed E-state index contributed by atoms with van der Waals surface area (Å²) in [4.78, 5) is 0. The van der Waals surface area contributed by atoms with E-state index in [2.05, 4.69) is 243 Å². The first-order valence-corrected chi connectivity index (χ1v) is 36.2. The molecular weight excluding hydrogens is 959 g/mol. The van der Waals surface area contributed by atoms with Crippen LogP contribution >= 0.6 is 17.0 Å². The van der Waals surface area contributed by atoms with Gasteiger partial charge in [-0.05, 0) is 0 Å². The molecule has 0 N–H and O–H groups in total. The molecule has 0 spiro atoms. The van der Waals surface area contributed by atoms with Crippen LogP contribution in [0.4, 0.5) is 0 Å². The van der Waals surface area contributed by atoms with Gasteiger partial charge in [-0.25, -0.2) is 0 Å². The monoisotopic (exact) mass is 1020 g/mol. The summed E-state index contributed by atoms with van der Waals surface area (Å²) >= 11 is -5.94. The summed E-state index contributed by atoms with van der Waals surface area (Å²) in [5.41, 5.74) is 22.3. The molecule has 1 aliphatic heterocycles. The van der Waals surface area contributed by atoms with Gasteiger partial charge in [0.25, 0.3) is 0 Å². The SMILES string of the molecule is Cc1ccc2c(c1-c1ccccc1-c1ccccc1)C=C(C(C)(C)C)[CH]2[Zr]([Cl])([Cl])([c]1cccc2c1[SiH2]c1ccccc1-2)[CH]1C(C(C)(C)C)=Cc2c1ccc(C)c2-c1ccccc1-c1ccccc1. The molecule has 337 valence electrons. The zero-order valence-electron chi connectivity index (χ0n) is 40.5. The minimum atomic E-state index is -5.94. The normalized spacial score (nSPS) is 17.2. The van der Waals surface area contributed by atoms with Crippen molar-refractivity contribution in [2.75, 3.05) is 0 Å². The summed E-state index contributed by atoms with van der Waals surface area (Å²) in [6, 6.07) is 65.2. The molecular formula is C64H59Cl2SiZr. The zero-order valence-corrected chi connectivity index (χ0v) is 45.9. The Bertz CT molecular complexity index is 3220. The van der Waals surface area contributed by atoms with Gasteiger partial charge in [-0.3, -0.25) is 0 Å². The van der Waals surface area contributed by atoms with E-state index in [1.165, 1.54) is 114 Å². The molecule has 68 heavy (non-hydrogen) atoms. The van der Waals surface area contributed by atoms with Crippen LogP contribution < -0.4 is 13.6 Å². The van der Waals surface area contributed by atoms with Crippen molar-refractivity contribution in [1.82, 2.24) is 0 Å². The number of allylic oxidation sites excluding steroid dienone is 2. The Morgan fingerprint density at radius 2 is 0.809 bits per heavy atom. The summed E-state index contributed by atoms with van der Waals surface area (Å²) in [6.07, 6.45) is 5.09. The van der Waals surface area contributed by atoms with Crippen molar-refractivity contribution in [3.8, 4) is 55.6 Å². The maximum atomic E-state index is 9.66. The molecule has 2 atom stereocenters. The van der Waals surface area contributed by atoms with Gasteiger partial charge in [-0.2, -0.15) is 0 Å². The van der Waals surface area contributed by atoms with Gasteiger partial charge >= 0.3 is 418 Å². The van der Waals surface area contributed by atoms with Gasteiger partial charge in [-0.15, -0.1) is 0 Å². The third-order valence-corrected chi connectivity index (χ3v) is 38.0. The van der Waals surface area contributed by atoms with Crippen molar-refractivity contribution in [2.24, 2.45) is 10.8 Å². The molecule has 3 aliphatic rings. The molecule has 11 rings (SSSR count). The summed E-state index contributed by atoms with van der Waals surface area (Å²) in [6.45, 7) is 18.9. The Morgan fingerprint density at radius 3 is 1.26 bits per heavy atom. The average Bonchev–Trinajstić information content (AvgIpc) is 4.06. The van der Waals surface area contributed by atoms with Crippen molar-refractivity contribution in [1.29, 1.82) is 0 Å². The van der Waals surface area contributed by atoms with Crippen LogP contribution in [0.1, 0.15) is 82.2 Å². The molecule has 1 heterocycles. The molecule has 8 aromatic carbocycles. The van der Waals surface area contributed by atoms with Crippen LogP contribution in [-0.2, 0) is 16.4 Å². The Morgan fingerprint density at radius 1 is 0.412 bits per heavy atom. The van der Waals surface area contributed by atoms with Crippen molar-refractivity contribution in [3.05, 3.63) is 220 Å². The Balaban J connectivity index is 1.25. The fourth-order valence-electron chi connectivity index (χ4n) is 12.5. The number of hydrogen-bond acceptors (Lipinski definition) is 0. The second-order valence-electron chi connectivity index (χ2n) is 21.7. The van der Waals surface area contributed by atoms with Gasteiger partial charge < -0.3 is 0 Å². The third-order valence-electron chi connectivity index (χ3n) is 15.5. The van der Waals surface area contributed by atoms with E-state index < -0.39 is 25.9 Å². The van der Waals surface area contributed by atoms with E-state index in [0.717, 1.165) is 0 Å². The molecule has 2 aliphatic carbocycles. The predicted molar refractivity (Wildman–Crippen MR) is 295 cm³/mol. The van der Waals surface area contributed by atoms with Crippen molar-refractivity contribution < 1.29 is 16.4 Å². The molecule has 0 fully saturated rings. The van der Waals surface area contributed by atoms with E-state index in [9.17, 15) is 17.0 Å². The van der Waals surface area contributed by atoms with E-state index in [1.807, 2.05) is 0 Å². The quantitative estimate of drug-likeness (QED) is 0.140. The van der Waals surface area contributed by atoms with Crippen molar-refractivity contribution in [2.45, 2.75) is 62.6 Å². The molecule has 0 aromatic heterocycles. The summed E-state index contributed by atoms with van der Waals surface area (Å²) in [7, 11) is 18.4. The van der Waals surface area contributed by atoms with Crippen LogP contribution in [0.25, 0.3) is 67.8 Å². The number of halogens is 2. The fraction of sp³-hybridized carbons (Fsp3) is 0.188. The standard InChI is InChI=1S/2C26H25.C12H9Si.2ClH.Zr/c2*1-18-14-15-20-16-21(26(2,3)4)17-24(20)25(18)23-13-9-8-12-22(23)19-10-6-5-7-11-19;1-3-7-11-9(5-1)10-6-2-4-8-12(10)13-11;;;/h2*5-17H,1-4H3;1-7H,13H2;2*1H;/q;;;;;+2/p-2. The maximum absolute atomic E-state index is 9.66. The Kier molecular flexibility index (Phi) is 11.0. The molecule has 8 aromatic rings. The van der Waals surface area contributed by atoms with E-state index in [4.69, 9.17) is 0 Å². The number of fused-ring (bicyclic) bond motifs is 5. The molecule has 0 radical (unpaired) electrons. The van der Waals surface area contributed by atoms with Crippen LogP contribution in [-0.4, -0.2) is 9.52 Å². The zero-order chi connectivity index (χ0) is 47.4. The van der Waals surface area contributed by atoms with Gasteiger partial charge in [0.15, 0.2) is 0 Å².